The number of imidazole rings is 1. The van der Waals surface area contributed by atoms with Crippen molar-refractivity contribution >= 4 is 17.2 Å². The van der Waals surface area contributed by atoms with Crippen LogP contribution in [0.1, 0.15) is 39.7 Å². The first-order valence-electron chi connectivity index (χ1n) is 6.17. The number of amides is 1. The molecule has 0 aliphatic carbocycles. The number of carbonyl (C=O) groups excluding carboxylic acids is 1. The van der Waals surface area contributed by atoms with Crippen molar-refractivity contribution < 1.29 is 4.79 Å². The Kier molecular flexibility index (Phi) is 3.99. The minimum absolute atomic E-state index is 0.0855. The molecule has 0 saturated heterocycles. The number of hydrogen-bond donors (Lipinski definition) is 1. The maximum absolute atomic E-state index is 12.1. The van der Waals surface area contributed by atoms with Gasteiger partial charge in [0.05, 0.1) is 17.0 Å². The second-order valence-electron chi connectivity index (χ2n) is 4.73. The number of nitrogens with zero attached hydrogens (tertiary/aromatic N) is 3. The Balaban J connectivity index is 1.97. The normalized spacial score (nSPS) is 12.4. The SMILES string of the molecule is Cc1csc(C(C)CNC(=O)c2c(C)ncn2C)n1. The van der Waals surface area contributed by atoms with Crippen LogP contribution >= 0.6 is 11.3 Å². The number of nitrogens with one attached hydrogen (secondary N) is 1. The van der Waals surface area contributed by atoms with E-state index in [0.717, 1.165) is 16.4 Å². The highest BCUT2D eigenvalue weighted by Gasteiger charge is 2.16. The molecule has 1 atom stereocenters. The van der Waals surface area contributed by atoms with Crippen molar-refractivity contribution in [3.05, 3.63) is 33.8 Å². The van der Waals surface area contributed by atoms with Gasteiger partial charge >= 0.3 is 0 Å². The lowest BCUT2D eigenvalue weighted by Gasteiger charge is -2.10. The number of aromatic nitrogens is 3. The molecule has 2 heterocycles. The highest BCUT2D eigenvalue weighted by molar-refractivity contribution is 7.09. The van der Waals surface area contributed by atoms with E-state index < -0.39 is 0 Å². The van der Waals surface area contributed by atoms with E-state index in [2.05, 4.69) is 22.2 Å². The molecule has 2 aromatic heterocycles. The van der Waals surface area contributed by atoms with E-state index in [4.69, 9.17) is 0 Å². The van der Waals surface area contributed by atoms with Crippen molar-refractivity contribution in [1.29, 1.82) is 0 Å². The van der Waals surface area contributed by atoms with Gasteiger partial charge in [0, 0.05) is 30.6 Å². The third-order valence-electron chi connectivity index (χ3n) is 2.96. The lowest BCUT2D eigenvalue weighted by atomic mass is 10.2. The fourth-order valence-corrected chi connectivity index (χ4v) is 2.74. The van der Waals surface area contributed by atoms with Crippen molar-refractivity contribution in [2.24, 2.45) is 7.05 Å². The minimum atomic E-state index is -0.0855. The summed E-state index contributed by atoms with van der Waals surface area (Å²) >= 11 is 1.63. The largest absolute Gasteiger partial charge is 0.350 e. The Morgan fingerprint density at radius 2 is 2.26 bits per heavy atom. The summed E-state index contributed by atoms with van der Waals surface area (Å²) < 4.78 is 1.74. The fraction of sp³-hybridized carbons (Fsp3) is 0.462. The van der Waals surface area contributed by atoms with Crippen LogP contribution in [0.25, 0.3) is 0 Å². The summed E-state index contributed by atoms with van der Waals surface area (Å²) in [6.45, 7) is 6.46. The molecule has 0 bridgehead atoms. The first-order chi connectivity index (χ1) is 8.99. The molecule has 19 heavy (non-hydrogen) atoms. The second kappa shape index (κ2) is 5.52. The summed E-state index contributed by atoms with van der Waals surface area (Å²) in [6, 6.07) is 0. The van der Waals surface area contributed by atoms with Gasteiger partial charge in [0.25, 0.3) is 5.91 Å². The lowest BCUT2D eigenvalue weighted by molar-refractivity contribution is 0.0943. The van der Waals surface area contributed by atoms with Crippen molar-refractivity contribution in [2.45, 2.75) is 26.7 Å². The van der Waals surface area contributed by atoms with Gasteiger partial charge in [-0.1, -0.05) is 6.92 Å². The summed E-state index contributed by atoms with van der Waals surface area (Å²) in [5, 5.41) is 6.02. The van der Waals surface area contributed by atoms with E-state index in [1.807, 2.05) is 26.3 Å². The Bertz CT molecular complexity index is 568. The maximum Gasteiger partial charge on any atom is 0.269 e. The van der Waals surface area contributed by atoms with E-state index in [1.165, 1.54) is 0 Å². The van der Waals surface area contributed by atoms with Crippen LogP contribution in [-0.4, -0.2) is 27.0 Å². The fourth-order valence-electron chi connectivity index (χ4n) is 1.89. The van der Waals surface area contributed by atoms with Gasteiger partial charge in [-0.3, -0.25) is 4.79 Å². The van der Waals surface area contributed by atoms with Crippen molar-refractivity contribution in [3.63, 3.8) is 0 Å². The van der Waals surface area contributed by atoms with Crippen LogP contribution in [0.5, 0.6) is 0 Å². The number of rotatable bonds is 4. The Morgan fingerprint density at radius 1 is 1.53 bits per heavy atom. The predicted molar refractivity (Wildman–Crippen MR) is 75.5 cm³/mol. The van der Waals surface area contributed by atoms with Crippen LogP contribution in [0, 0.1) is 13.8 Å². The Morgan fingerprint density at radius 3 is 2.79 bits per heavy atom. The second-order valence-corrected chi connectivity index (χ2v) is 5.62. The van der Waals surface area contributed by atoms with E-state index in [-0.39, 0.29) is 11.8 Å². The minimum Gasteiger partial charge on any atom is -0.350 e. The van der Waals surface area contributed by atoms with Crippen LogP contribution in [0.15, 0.2) is 11.7 Å². The molecule has 0 aromatic carbocycles. The van der Waals surface area contributed by atoms with Crippen molar-refractivity contribution in [1.82, 2.24) is 19.9 Å². The lowest BCUT2D eigenvalue weighted by Crippen LogP contribution is -2.29. The van der Waals surface area contributed by atoms with Gasteiger partial charge in [0.2, 0.25) is 0 Å². The number of aryl methyl sites for hydroxylation is 3. The molecule has 0 fully saturated rings. The highest BCUT2D eigenvalue weighted by Crippen LogP contribution is 2.19. The average molecular weight is 278 g/mol. The molecule has 1 amide bonds. The van der Waals surface area contributed by atoms with E-state index in [9.17, 15) is 4.79 Å². The van der Waals surface area contributed by atoms with Crippen LogP contribution in [0.4, 0.5) is 0 Å². The molecular formula is C13H18N4OS. The van der Waals surface area contributed by atoms with Gasteiger partial charge in [-0.15, -0.1) is 11.3 Å². The van der Waals surface area contributed by atoms with Crippen molar-refractivity contribution in [2.75, 3.05) is 6.54 Å². The Labute approximate surface area is 116 Å². The van der Waals surface area contributed by atoms with Crippen LogP contribution in [0.2, 0.25) is 0 Å². The summed E-state index contributed by atoms with van der Waals surface area (Å²) in [6.07, 6.45) is 1.65. The maximum atomic E-state index is 12.1. The van der Waals surface area contributed by atoms with Crippen LogP contribution in [0.3, 0.4) is 0 Å². The molecule has 1 unspecified atom stereocenters. The smallest absolute Gasteiger partial charge is 0.269 e. The molecule has 6 heteroatoms. The standard InChI is InChI=1S/C13H18N4OS/c1-8(13-16-9(2)6-19-13)5-14-12(18)11-10(3)15-7-17(11)4/h6-8H,5H2,1-4H3,(H,14,18). The number of carbonyl (C=O) groups is 1. The quantitative estimate of drug-likeness (QED) is 0.931. The zero-order valence-electron chi connectivity index (χ0n) is 11.6. The van der Waals surface area contributed by atoms with Crippen LogP contribution in [-0.2, 0) is 7.05 Å². The van der Waals surface area contributed by atoms with E-state index in [1.54, 1.807) is 22.2 Å². The van der Waals surface area contributed by atoms with Gasteiger partial charge in [-0.25, -0.2) is 9.97 Å². The third kappa shape index (κ3) is 3.01. The molecule has 102 valence electrons. The van der Waals surface area contributed by atoms with Gasteiger partial charge in [0.1, 0.15) is 5.69 Å². The van der Waals surface area contributed by atoms with Gasteiger partial charge < -0.3 is 9.88 Å². The molecule has 0 radical (unpaired) electrons. The Hall–Kier alpha value is -1.69. The molecule has 0 aliphatic heterocycles. The van der Waals surface area contributed by atoms with Gasteiger partial charge in [-0.05, 0) is 13.8 Å². The third-order valence-corrected chi connectivity index (χ3v) is 4.16. The molecule has 2 aromatic rings. The van der Waals surface area contributed by atoms with Gasteiger partial charge in [-0.2, -0.15) is 0 Å². The first-order valence-corrected chi connectivity index (χ1v) is 7.05. The van der Waals surface area contributed by atoms with E-state index in [0.29, 0.717) is 12.2 Å². The summed E-state index contributed by atoms with van der Waals surface area (Å²) in [5.41, 5.74) is 2.39. The zero-order valence-corrected chi connectivity index (χ0v) is 12.4. The summed E-state index contributed by atoms with van der Waals surface area (Å²) in [5.74, 6) is 0.133. The van der Waals surface area contributed by atoms with E-state index >= 15 is 0 Å². The summed E-state index contributed by atoms with van der Waals surface area (Å²) in [4.78, 5) is 20.7. The molecule has 1 N–H and O–H groups in total. The average Bonchev–Trinajstić information content (AvgIpc) is 2.93. The molecule has 0 aliphatic rings. The number of thiazole rings is 1. The topological polar surface area (TPSA) is 59.8 Å². The monoisotopic (exact) mass is 278 g/mol. The highest BCUT2D eigenvalue weighted by atomic mass is 32.1. The molecule has 0 spiro atoms. The molecule has 2 rings (SSSR count). The van der Waals surface area contributed by atoms with Gasteiger partial charge in [0.15, 0.2) is 0 Å². The summed E-state index contributed by atoms with van der Waals surface area (Å²) in [7, 11) is 1.82. The predicted octanol–water partition coefficient (Wildman–Crippen LogP) is 2.03. The zero-order chi connectivity index (χ0) is 14.0. The van der Waals surface area contributed by atoms with Crippen molar-refractivity contribution in [3.8, 4) is 0 Å². The molecule has 0 saturated carbocycles. The molecular weight excluding hydrogens is 260 g/mol. The molecule has 5 nitrogen and oxygen atoms in total. The van der Waals surface area contributed by atoms with Crippen LogP contribution < -0.4 is 5.32 Å². The first kappa shape index (κ1) is 13.7. The number of hydrogen-bond acceptors (Lipinski definition) is 4.